The Kier molecular flexibility index (Phi) is 9.14. The molecular weight excluding hydrogens is 402 g/mol. The number of nitrogens with zero attached hydrogens (tertiary/aromatic N) is 1. The molecule has 1 saturated heterocycles. The summed E-state index contributed by atoms with van der Waals surface area (Å²) < 4.78 is 0. The van der Waals surface area contributed by atoms with Gasteiger partial charge in [-0.1, -0.05) is 0 Å². The van der Waals surface area contributed by atoms with Crippen LogP contribution in [0.1, 0.15) is 33.1 Å². The van der Waals surface area contributed by atoms with E-state index in [1.165, 1.54) is 11.8 Å². The lowest BCUT2D eigenvalue weighted by Crippen LogP contribution is -2.60. The third-order valence-corrected chi connectivity index (χ3v) is 4.69. The van der Waals surface area contributed by atoms with Crippen LogP contribution in [0.2, 0.25) is 0 Å². The number of nitrogens with two attached hydrogens (primary N) is 2. The van der Waals surface area contributed by atoms with Crippen molar-refractivity contribution in [2.45, 2.75) is 69.5 Å². The molecule has 1 rings (SSSR count). The SMILES string of the molecule is CC(O)C(NC(=O)C(NC(=O)C1CCCN1C(=O)C(N)CC(N)=O)C(C)O)C(=O)O. The van der Waals surface area contributed by atoms with Gasteiger partial charge in [0, 0.05) is 6.54 Å². The molecule has 0 aliphatic carbocycles. The molecule has 30 heavy (non-hydrogen) atoms. The van der Waals surface area contributed by atoms with E-state index in [-0.39, 0.29) is 13.0 Å². The summed E-state index contributed by atoms with van der Waals surface area (Å²) in [5.74, 6) is -4.69. The fraction of sp³-hybridized carbons (Fsp3) is 0.706. The van der Waals surface area contributed by atoms with Gasteiger partial charge >= 0.3 is 5.97 Å². The number of aliphatic hydroxyl groups excluding tert-OH is 2. The molecule has 0 bridgehead atoms. The number of hydrogen-bond donors (Lipinski definition) is 7. The van der Waals surface area contributed by atoms with Crippen molar-refractivity contribution in [3.8, 4) is 0 Å². The number of aliphatic carboxylic acids is 1. The first-order valence-corrected chi connectivity index (χ1v) is 9.40. The van der Waals surface area contributed by atoms with Crippen LogP contribution in [0.3, 0.4) is 0 Å². The quantitative estimate of drug-likeness (QED) is 0.178. The van der Waals surface area contributed by atoms with Gasteiger partial charge in [0.1, 0.15) is 12.1 Å². The zero-order valence-electron chi connectivity index (χ0n) is 16.8. The average Bonchev–Trinajstić information content (AvgIpc) is 3.11. The maximum absolute atomic E-state index is 12.7. The van der Waals surface area contributed by atoms with E-state index in [0.717, 1.165) is 6.92 Å². The molecule has 0 aromatic heterocycles. The molecule has 1 heterocycles. The predicted octanol–water partition coefficient (Wildman–Crippen LogP) is -4.00. The van der Waals surface area contributed by atoms with Crippen LogP contribution in [0, 0.1) is 0 Å². The molecule has 1 aliphatic heterocycles. The van der Waals surface area contributed by atoms with Gasteiger partial charge in [-0.15, -0.1) is 0 Å². The van der Waals surface area contributed by atoms with Gasteiger partial charge in [0.05, 0.1) is 24.7 Å². The molecule has 4 amide bonds. The first kappa shape index (κ1) is 25.3. The summed E-state index contributed by atoms with van der Waals surface area (Å²) in [6, 6.07) is -5.38. The highest BCUT2D eigenvalue weighted by atomic mass is 16.4. The number of primary amides is 1. The minimum absolute atomic E-state index is 0.206. The van der Waals surface area contributed by atoms with Crippen LogP contribution in [0.5, 0.6) is 0 Å². The summed E-state index contributed by atoms with van der Waals surface area (Å²) in [6.07, 6.45) is -2.48. The van der Waals surface area contributed by atoms with Crippen molar-refractivity contribution in [2.24, 2.45) is 11.5 Å². The number of carboxylic acids is 1. The molecule has 6 atom stereocenters. The van der Waals surface area contributed by atoms with Gasteiger partial charge in [-0.2, -0.15) is 0 Å². The molecule has 13 nitrogen and oxygen atoms in total. The average molecular weight is 431 g/mol. The zero-order chi connectivity index (χ0) is 23.2. The van der Waals surface area contributed by atoms with Crippen LogP contribution in [-0.2, 0) is 24.0 Å². The molecule has 9 N–H and O–H groups in total. The monoisotopic (exact) mass is 431 g/mol. The number of carbonyl (C=O) groups is 5. The lowest BCUT2D eigenvalue weighted by molar-refractivity contribution is -0.146. The fourth-order valence-corrected chi connectivity index (χ4v) is 3.11. The van der Waals surface area contributed by atoms with Crippen molar-refractivity contribution in [1.82, 2.24) is 15.5 Å². The highest BCUT2D eigenvalue weighted by Crippen LogP contribution is 2.19. The van der Waals surface area contributed by atoms with Crippen molar-refractivity contribution in [1.29, 1.82) is 0 Å². The summed E-state index contributed by atoms with van der Waals surface area (Å²) in [5.41, 5.74) is 10.7. The number of carboxylic acid groups (broad SMARTS) is 1. The van der Waals surface area contributed by atoms with Crippen LogP contribution in [0.15, 0.2) is 0 Å². The van der Waals surface area contributed by atoms with E-state index in [1.807, 2.05) is 0 Å². The first-order valence-electron chi connectivity index (χ1n) is 9.40. The minimum atomic E-state index is -1.65. The normalized spacial score (nSPS) is 21.1. The maximum Gasteiger partial charge on any atom is 0.328 e. The molecule has 13 heteroatoms. The summed E-state index contributed by atoms with van der Waals surface area (Å²) >= 11 is 0. The number of rotatable bonds is 10. The predicted molar refractivity (Wildman–Crippen MR) is 101 cm³/mol. The van der Waals surface area contributed by atoms with Crippen LogP contribution >= 0.6 is 0 Å². The molecule has 6 unspecified atom stereocenters. The second-order valence-electron chi connectivity index (χ2n) is 7.26. The van der Waals surface area contributed by atoms with E-state index < -0.39 is 72.4 Å². The Balaban J connectivity index is 2.89. The molecular formula is C17H29N5O8. The van der Waals surface area contributed by atoms with Crippen LogP contribution in [-0.4, -0.2) is 92.7 Å². The molecule has 1 fully saturated rings. The Bertz CT molecular complexity index is 683. The first-order chi connectivity index (χ1) is 13.9. The van der Waals surface area contributed by atoms with Crippen LogP contribution in [0.25, 0.3) is 0 Å². The standard InChI is InChI=1S/C17H29N5O8/c1-7(23)12(15(27)21-13(8(2)24)17(29)30)20-14(26)10-4-3-5-22(10)16(28)9(18)6-11(19)25/h7-10,12-13,23-24H,3-6,18H2,1-2H3,(H2,19,25)(H,20,26)(H,21,27)(H,29,30). The van der Waals surface area contributed by atoms with Gasteiger partial charge in [-0.05, 0) is 26.7 Å². The van der Waals surface area contributed by atoms with Gasteiger partial charge in [-0.3, -0.25) is 19.2 Å². The molecule has 170 valence electrons. The van der Waals surface area contributed by atoms with Gasteiger partial charge < -0.3 is 42.3 Å². The third-order valence-electron chi connectivity index (χ3n) is 4.69. The topological polar surface area (TPSA) is 225 Å². The van der Waals surface area contributed by atoms with Crippen molar-refractivity contribution in [3.05, 3.63) is 0 Å². The number of carbonyl (C=O) groups excluding carboxylic acids is 4. The summed E-state index contributed by atoms with van der Waals surface area (Å²) in [5, 5.41) is 32.8. The highest BCUT2D eigenvalue weighted by Gasteiger charge is 2.39. The summed E-state index contributed by atoms with van der Waals surface area (Å²) in [4.78, 5) is 60.8. The van der Waals surface area contributed by atoms with Crippen molar-refractivity contribution >= 4 is 29.6 Å². The third kappa shape index (κ3) is 6.64. The molecule has 1 aliphatic rings. The fourth-order valence-electron chi connectivity index (χ4n) is 3.11. The summed E-state index contributed by atoms with van der Waals surface area (Å²) in [7, 11) is 0. The molecule has 0 aromatic rings. The Morgan fingerprint density at radius 1 is 1.07 bits per heavy atom. The number of amides is 4. The van der Waals surface area contributed by atoms with Gasteiger partial charge in [0.15, 0.2) is 6.04 Å². The van der Waals surface area contributed by atoms with E-state index in [0.29, 0.717) is 6.42 Å². The minimum Gasteiger partial charge on any atom is -0.480 e. The largest absolute Gasteiger partial charge is 0.480 e. The summed E-state index contributed by atoms with van der Waals surface area (Å²) in [6.45, 7) is 2.58. The van der Waals surface area contributed by atoms with Gasteiger partial charge in [0.25, 0.3) is 0 Å². The van der Waals surface area contributed by atoms with Crippen molar-refractivity contribution < 1.29 is 39.3 Å². The van der Waals surface area contributed by atoms with Gasteiger partial charge in [-0.25, -0.2) is 4.79 Å². The second kappa shape index (κ2) is 10.8. The van der Waals surface area contributed by atoms with Crippen LogP contribution in [0.4, 0.5) is 0 Å². The molecule has 0 spiro atoms. The van der Waals surface area contributed by atoms with Crippen molar-refractivity contribution in [3.63, 3.8) is 0 Å². The Labute approximate surface area is 172 Å². The number of nitrogens with one attached hydrogen (secondary N) is 2. The highest BCUT2D eigenvalue weighted by molar-refractivity contribution is 5.95. The van der Waals surface area contributed by atoms with E-state index in [4.69, 9.17) is 16.6 Å². The maximum atomic E-state index is 12.7. The van der Waals surface area contributed by atoms with E-state index in [9.17, 15) is 34.2 Å². The Morgan fingerprint density at radius 2 is 1.63 bits per heavy atom. The Morgan fingerprint density at radius 3 is 2.10 bits per heavy atom. The lowest BCUT2D eigenvalue weighted by atomic mass is 10.1. The Hall–Kier alpha value is -2.77. The van der Waals surface area contributed by atoms with Crippen molar-refractivity contribution in [2.75, 3.05) is 6.54 Å². The number of likely N-dealkylation sites (tertiary alicyclic amines) is 1. The number of hydrogen-bond acceptors (Lipinski definition) is 8. The van der Waals surface area contributed by atoms with E-state index in [1.54, 1.807) is 0 Å². The second-order valence-corrected chi connectivity index (χ2v) is 7.26. The van der Waals surface area contributed by atoms with Gasteiger partial charge in [0.2, 0.25) is 23.6 Å². The molecule has 0 saturated carbocycles. The number of aliphatic hydroxyl groups is 2. The van der Waals surface area contributed by atoms with E-state index >= 15 is 0 Å². The van der Waals surface area contributed by atoms with E-state index in [2.05, 4.69) is 10.6 Å². The lowest BCUT2D eigenvalue weighted by Gasteiger charge is -2.29. The smallest absolute Gasteiger partial charge is 0.328 e. The molecule has 0 aromatic carbocycles. The van der Waals surface area contributed by atoms with Crippen LogP contribution < -0.4 is 22.1 Å². The zero-order valence-corrected chi connectivity index (χ0v) is 16.8. The molecule has 0 radical (unpaired) electrons.